The van der Waals surface area contributed by atoms with Crippen molar-refractivity contribution >= 4 is 11.6 Å². The summed E-state index contributed by atoms with van der Waals surface area (Å²) in [5.74, 6) is -1.04. The van der Waals surface area contributed by atoms with Crippen LogP contribution in [0.5, 0.6) is 0 Å². The van der Waals surface area contributed by atoms with Crippen LogP contribution in [0.2, 0.25) is 5.02 Å². The lowest BCUT2D eigenvalue weighted by molar-refractivity contribution is -0.144. The second-order valence-electron chi connectivity index (χ2n) is 4.96. The zero-order valence-corrected chi connectivity index (χ0v) is 13.7. The second kappa shape index (κ2) is 6.98. The summed E-state index contributed by atoms with van der Waals surface area (Å²) in [6.07, 6.45) is -4.90. The molecular formula is C14H12ClF4N3O3. The van der Waals surface area contributed by atoms with Crippen molar-refractivity contribution in [2.45, 2.75) is 12.7 Å². The molecule has 0 saturated carbocycles. The fourth-order valence-electron chi connectivity index (χ4n) is 2.16. The first kappa shape index (κ1) is 19.2. The first-order chi connectivity index (χ1) is 11.6. The van der Waals surface area contributed by atoms with Crippen LogP contribution in [0, 0.1) is 5.82 Å². The molecule has 1 aromatic heterocycles. The van der Waals surface area contributed by atoms with E-state index in [-0.39, 0.29) is 27.8 Å². The molecule has 0 atom stereocenters. The van der Waals surface area contributed by atoms with E-state index in [1.165, 1.54) is 7.11 Å². The molecule has 0 fully saturated rings. The maximum Gasteiger partial charge on any atom is 0.431 e. The molecule has 1 aromatic carbocycles. The summed E-state index contributed by atoms with van der Waals surface area (Å²) >= 11 is 5.87. The van der Waals surface area contributed by atoms with Crippen molar-refractivity contribution in [2.75, 3.05) is 7.11 Å². The van der Waals surface area contributed by atoms with Crippen LogP contribution < -0.4 is 16.7 Å². The van der Waals surface area contributed by atoms with E-state index in [0.717, 1.165) is 19.2 Å². The zero-order chi connectivity index (χ0) is 18.9. The molecule has 0 aliphatic rings. The van der Waals surface area contributed by atoms with Gasteiger partial charge in [-0.15, -0.1) is 0 Å². The third kappa shape index (κ3) is 3.75. The van der Waals surface area contributed by atoms with Gasteiger partial charge in [0.1, 0.15) is 11.5 Å². The number of nitrogens with one attached hydrogen (secondary N) is 1. The average Bonchev–Trinajstić information content (AvgIpc) is 2.50. The largest absolute Gasteiger partial charge is 0.431 e. The molecule has 1 N–H and O–H groups in total. The van der Waals surface area contributed by atoms with Gasteiger partial charge in [0.25, 0.3) is 5.56 Å². The van der Waals surface area contributed by atoms with Crippen LogP contribution >= 0.6 is 11.6 Å². The molecule has 0 amide bonds. The third-order valence-electron chi connectivity index (χ3n) is 3.37. The van der Waals surface area contributed by atoms with Crippen molar-refractivity contribution in [3.63, 3.8) is 0 Å². The van der Waals surface area contributed by atoms with E-state index in [2.05, 4.69) is 10.3 Å². The number of hydroxylamine groups is 1. The summed E-state index contributed by atoms with van der Waals surface area (Å²) < 4.78 is 53.3. The van der Waals surface area contributed by atoms with E-state index in [4.69, 9.17) is 11.6 Å². The quantitative estimate of drug-likeness (QED) is 0.650. The van der Waals surface area contributed by atoms with Gasteiger partial charge >= 0.3 is 11.9 Å². The van der Waals surface area contributed by atoms with Gasteiger partial charge in [-0.3, -0.25) is 9.36 Å². The molecular weight excluding hydrogens is 370 g/mol. The zero-order valence-electron chi connectivity index (χ0n) is 12.9. The maximum atomic E-state index is 14.2. The van der Waals surface area contributed by atoms with Crippen molar-refractivity contribution < 1.29 is 22.4 Å². The highest BCUT2D eigenvalue weighted by Crippen LogP contribution is 2.27. The van der Waals surface area contributed by atoms with E-state index in [9.17, 15) is 27.2 Å². The Labute approximate surface area is 143 Å². The lowest BCUT2D eigenvalue weighted by Gasteiger charge is -2.15. The summed E-state index contributed by atoms with van der Waals surface area (Å²) in [6, 6.07) is 2.16. The first-order valence-corrected chi connectivity index (χ1v) is 7.10. The smallest absolute Gasteiger partial charge is 0.305 e. The molecule has 25 heavy (non-hydrogen) atoms. The van der Waals surface area contributed by atoms with Crippen LogP contribution in [-0.4, -0.2) is 16.2 Å². The molecule has 0 spiro atoms. The van der Waals surface area contributed by atoms with Gasteiger partial charge in [-0.2, -0.15) is 18.7 Å². The molecule has 0 aliphatic heterocycles. The highest BCUT2D eigenvalue weighted by molar-refractivity contribution is 6.31. The van der Waals surface area contributed by atoms with Crippen LogP contribution in [-0.2, 0) is 24.6 Å². The van der Waals surface area contributed by atoms with E-state index < -0.39 is 34.6 Å². The van der Waals surface area contributed by atoms with Crippen molar-refractivity contribution in [3.05, 3.63) is 61.1 Å². The minimum absolute atomic E-state index is 0.0115. The molecule has 1 heterocycles. The van der Waals surface area contributed by atoms with Crippen LogP contribution in [0.25, 0.3) is 5.69 Å². The second-order valence-corrected chi connectivity index (χ2v) is 5.37. The van der Waals surface area contributed by atoms with Gasteiger partial charge in [-0.25, -0.2) is 13.8 Å². The van der Waals surface area contributed by atoms with Crippen molar-refractivity contribution in [2.24, 2.45) is 7.05 Å². The van der Waals surface area contributed by atoms with Crippen LogP contribution in [0.15, 0.2) is 27.8 Å². The Hall–Kier alpha value is -2.17. The Balaban J connectivity index is 2.73. The Morgan fingerprint density at radius 3 is 2.44 bits per heavy atom. The van der Waals surface area contributed by atoms with Gasteiger partial charge in [0.15, 0.2) is 0 Å². The minimum Gasteiger partial charge on any atom is -0.305 e. The van der Waals surface area contributed by atoms with Gasteiger partial charge in [0, 0.05) is 24.7 Å². The molecule has 0 saturated heterocycles. The fourth-order valence-corrected chi connectivity index (χ4v) is 2.37. The number of hydrogen-bond acceptors (Lipinski definition) is 4. The Kier molecular flexibility index (Phi) is 5.35. The monoisotopic (exact) mass is 381 g/mol. The van der Waals surface area contributed by atoms with Crippen molar-refractivity contribution in [1.29, 1.82) is 0 Å². The van der Waals surface area contributed by atoms with E-state index in [0.29, 0.717) is 4.57 Å². The summed E-state index contributed by atoms with van der Waals surface area (Å²) in [4.78, 5) is 28.9. The van der Waals surface area contributed by atoms with Crippen LogP contribution in [0.3, 0.4) is 0 Å². The standard InChI is InChI=1S/C14H12ClF4N3O3/c1-21-11(14(17,18)19)5-12(23)22(13(21)24)10-3-7(6-20-25-2)8(15)4-9(10)16/h3-5,20H,6H2,1-2H3. The summed E-state index contributed by atoms with van der Waals surface area (Å²) in [6.45, 7) is 0.0122. The van der Waals surface area contributed by atoms with Gasteiger partial charge < -0.3 is 4.84 Å². The molecule has 11 heteroatoms. The predicted octanol–water partition coefficient (Wildman–Crippen LogP) is 2.00. The number of aromatic nitrogens is 2. The maximum absolute atomic E-state index is 14.2. The van der Waals surface area contributed by atoms with Gasteiger partial charge in [-0.1, -0.05) is 11.6 Å². The average molecular weight is 382 g/mol. The third-order valence-corrected chi connectivity index (χ3v) is 3.73. The van der Waals surface area contributed by atoms with Gasteiger partial charge in [0.05, 0.1) is 12.8 Å². The lowest BCUT2D eigenvalue weighted by atomic mass is 10.2. The molecule has 136 valence electrons. The van der Waals surface area contributed by atoms with Crippen molar-refractivity contribution in [1.82, 2.24) is 14.6 Å². The molecule has 0 unspecified atom stereocenters. The fraction of sp³-hybridized carbons (Fsp3) is 0.286. The molecule has 6 nitrogen and oxygen atoms in total. The number of halogens is 5. The topological polar surface area (TPSA) is 65.3 Å². The van der Waals surface area contributed by atoms with Gasteiger partial charge in [0.2, 0.25) is 0 Å². The summed E-state index contributed by atoms with van der Waals surface area (Å²) in [5, 5.41) is -0.0115. The Morgan fingerprint density at radius 1 is 1.24 bits per heavy atom. The molecule has 0 bridgehead atoms. The number of benzene rings is 1. The summed E-state index contributed by atoms with van der Waals surface area (Å²) in [5.41, 5.74) is -1.89. The number of nitrogens with zero attached hydrogens (tertiary/aromatic N) is 2. The van der Waals surface area contributed by atoms with Crippen LogP contribution in [0.4, 0.5) is 17.6 Å². The Bertz CT molecular complexity index is 921. The number of hydrogen-bond donors (Lipinski definition) is 1. The molecule has 2 aromatic rings. The van der Waals surface area contributed by atoms with E-state index in [1.807, 2.05) is 0 Å². The first-order valence-electron chi connectivity index (χ1n) is 6.72. The molecule has 0 aliphatic carbocycles. The minimum atomic E-state index is -4.90. The lowest BCUT2D eigenvalue weighted by Crippen LogP contribution is -2.41. The number of alkyl halides is 3. The predicted molar refractivity (Wildman–Crippen MR) is 81.1 cm³/mol. The number of rotatable bonds is 4. The molecule has 0 radical (unpaired) electrons. The highest BCUT2D eigenvalue weighted by Gasteiger charge is 2.35. The highest BCUT2D eigenvalue weighted by atomic mass is 35.5. The molecule has 2 rings (SSSR count). The normalized spacial score (nSPS) is 11.8. The summed E-state index contributed by atoms with van der Waals surface area (Å²) in [7, 11) is 2.16. The van der Waals surface area contributed by atoms with E-state index in [1.54, 1.807) is 0 Å². The Morgan fingerprint density at radius 2 is 1.88 bits per heavy atom. The SMILES string of the molecule is CONCc1cc(-n2c(=O)cc(C(F)(F)F)n(C)c2=O)c(F)cc1Cl. The van der Waals surface area contributed by atoms with E-state index >= 15 is 0 Å². The van der Waals surface area contributed by atoms with Gasteiger partial charge in [-0.05, 0) is 17.7 Å². The van der Waals surface area contributed by atoms with Crippen LogP contribution in [0.1, 0.15) is 11.3 Å². The van der Waals surface area contributed by atoms with Crippen molar-refractivity contribution in [3.8, 4) is 5.69 Å².